The van der Waals surface area contributed by atoms with Gasteiger partial charge in [-0.25, -0.2) is 0 Å². The van der Waals surface area contributed by atoms with Gasteiger partial charge in [-0.1, -0.05) is 12.1 Å². The zero-order valence-electron chi connectivity index (χ0n) is 18.3. The molecule has 1 aromatic carbocycles. The lowest BCUT2D eigenvalue weighted by Crippen LogP contribution is -2.33. The van der Waals surface area contributed by atoms with Gasteiger partial charge in [0.25, 0.3) is 5.91 Å². The van der Waals surface area contributed by atoms with E-state index in [9.17, 15) is 4.79 Å². The largest absolute Gasteiger partial charge is 0.497 e. The number of methoxy groups -OCH3 is 1. The van der Waals surface area contributed by atoms with Gasteiger partial charge < -0.3 is 14.4 Å². The van der Waals surface area contributed by atoms with Gasteiger partial charge in [0.2, 0.25) is 0 Å². The van der Waals surface area contributed by atoms with E-state index < -0.39 is 0 Å². The van der Waals surface area contributed by atoms with Gasteiger partial charge in [-0.3, -0.25) is 14.7 Å². The summed E-state index contributed by atoms with van der Waals surface area (Å²) < 4.78 is 11.0. The van der Waals surface area contributed by atoms with E-state index >= 15 is 0 Å². The summed E-state index contributed by atoms with van der Waals surface area (Å²) in [5, 5.41) is 0. The first-order valence-corrected chi connectivity index (χ1v) is 11.5. The van der Waals surface area contributed by atoms with E-state index in [1.54, 1.807) is 36.5 Å². The fourth-order valence-electron chi connectivity index (χ4n) is 4.03. The SMILES string of the molecule is COc1ccc2c(c1)C(=O)N(CCCCN1CC=C(c3ccccn3)CC1)C(CCl)=CO2. The molecule has 0 unspecified atom stereocenters. The van der Waals surface area contributed by atoms with E-state index in [-0.39, 0.29) is 11.8 Å². The van der Waals surface area contributed by atoms with Crippen molar-refractivity contribution >= 4 is 23.1 Å². The lowest BCUT2D eigenvalue weighted by molar-refractivity contribution is 0.0804. The summed E-state index contributed by atoms with van der Waals surface area (Å²) >= 11 is 6.13. The van der Waals surface area contributed by atoms with Gasteiger partial charge in [-0.15, -0.1) is 11.6 Å². The number of ether oxygens (including phenoxy) is 2. The number of fused-ring (bicyclic) bond motifs is 1. The Morgan fingerprint density at radius 2 is 2.06 bits per heavy atom. The Balaban J connectivity index is 1.32. The van der Waals surface area contributed by atoms with Crippen LogP contribution in [0.4, 0.5) is 0 Å². The number of nitrogens with zero attached hydrogens (tertiary/aromatic N) is 3. The van der Waals surface area contributed by atoms with Crippen molar-refractivity contribution < 1.29 is 14.3 Å². The topological polar surface area (TPSA) is 54.9 Å². The van der Waals surface area contributed by atoms with Crippen LogP contribution in [0.15, 0.2) is 60.6 Å². The Bertz CT molecular complexity index is 1010. The first kappa shape index (κ1) is 22.4. The molecule has 0 radical (unpaired) electrons. The molecule has 0 fully saturated rings. The smallest absolute Gasteiger partial charge is 0.262 e. The van der Waals surface area contributed by atoms with Crippen molar-refractivity contribution in [1.29, 1.82) is 0 Å². The van der Waals surface area contributed by atoms with Gasteiger partial charge in [0.05, 0.1) is 29.9 Å². The summed E-state index contributed by atoms with van der Waals surface area (Å²) in [4.78, 5) is 21.8. The van der Waals surface area contributed by atoms with E-state index in [1.165, 1.54) is 5.57 Å². The van der Waals surface area contributed by atoms with Crippen molar-refractivity contribution in [1.82, 2.24) is 14.8 Å². The van der Waals surface area contributed by atoms with Crippen molar-refractivity contribution in [3.8, 4) is 11.5 Å². The number of benzene rings is 1. The molecule has 3 heterocycles. The first-order valence-electron chi connectivity index (χ1n) is 10.9. The molecule has 0 atom stereocenters. The van der Waals surface area contributed by atoms with Crippen LogP contribution in [0.25, 0.3) is 5.57 Å². The summed E-state index contributed by atoms with van der Waals surface area (Å²) in [5.74, 6) is 1.25. The highest BCUT2D eigenvalue weighted by Crippen LogP contribution is 2.30. The minimum Gasteiger partial charge on any atom is -0.497 e. The van der Waals surface area contributed by atoms with Crippen molar-refractivity contribution in [2.24, 2.45) is 0 Å². The summed E-state index contributed by atoms with van der Waals surface area (Å²) in [6.45, 7) is 3.55. The maximum absolute atomic E-state index is 13.2. The van der Waals surface area contributed by atoms with Gasteiger partial charge >= 0.3 is 0 Å². The van der Waals surface area contributed by atoms with Crippen LogP contribution < -0.4 is 9.47 Å². The number of carbonyl (C=O) groups excluding carboxylic acids is 1. The number of allylic oxidation sites excluding steroid dienone is 1. The number of carbonyl (C=O) groups is 1. The second-order valence-corrected chi connectivity index (χ2v) is 8.15. The summed E-state index contributed by atoms with van der Waals surface area (Å²) in [6, 6.07) is 11.3. The Hall–Kier alpha value is -2.83. The second-order valence-electron chi connectivity index (χ2n) is 7.88. The van der Waals surface area contributed by atoms with E-state index in [0.29, 0.717) is 29.3 Å². The van der Waals surface area contributed by atoms with Crippen LogP contribution >= 0.6 is 11.6 Å². The summed E-state index contributed by atoms with van der Waals surface area (Å²) in [7, 11) is 1.58. The highest BCUT2D eigenvalue weighted by atomic mass is 35.5. The quantitative estimate of drug-likeness (QED) is 0.432. The molecule has 0 N–H and O–H groups in total. The minimum atomic E-state index is -0.107. The number of hydrogen-bond acceptors (Lipinski definition) is 5. The summed E-state index contributed by atoms with van der Waals surface area (Å²) in [5.41, 5.74) is 3.56. The molecule has 4 rings (SSSR count). The Kier molecular flexibility index (Phi) is 7.45. The molecule has 32 heavy (non-hydrogen) atoms. The van der Waals surface area contributed by atoms with Crippen LogP contribution in [0.2, 0.25) is 0 Å². The number of aromatic nitrogens is 1. The van der Waals surface area contributed by atoms with Crippen LogP contribution in [0.5, 0.6) is 11.5 Å². The molecule has 1 amide bonds. The molecule has 168 valence electrons. The molecule has 2 aliphatic heterocycles. The van der Waals surface area contributed by atoms with Crippen molar-refractivity contribution in [3.05, 3.63) is 71.9 Å². The molecule has 7 heteroatoms. The predicted molar refractivity (Wildman–Crippen MR) is 126 cm³/mol. The predicted octanol–water partition coefficient (Wildman–Crippen LogP) is 4.57. The van der Waals surface area contributed by atoms with Crippen LogP contribution in [0, 0.1) is 0 Å². The van der Waals surface area contributed by atoms with Gasteiger partial charge in [-0.2, -0.15) is 0 Å². The fourth-order valence-corrected chi connectivity index (χ4v) is 4.24. The van der Waals surface area contributed by atoms with Crippen LogP contribution in [-0.4, -0.2) is 59.9 Å². The number of pyridine rings is 1. The molecule has 0 spiro atoms. The number of unbranched alkanes of at least 4 members (excludes halogenated alkanes) is 1. The number of hydrogen-bond donors (Lipinski definition) is 0. The molecule has 2 aliphatic rings. The minimum absolute atomic E-state index is 0.107. The number of halogens is 1. The fraction of sp³-hybridized carbons (Fsp3) is 0.360. The number of amides is 1. The Morgan fingerprint density at radius 3 is 2.78 bits per heavy atom. The van der Waals surface area contributed by atoms with Crippen LogP contribution in [0.1, 0.15) is 35.3 Å². The van der Waals surface area contributed by atoms with Gasteiger partial charge in [0.1, 0.15) is 17.8 Å². The molecular formula is C25H28ClN3O3. The Morgan fingerprint density at radius 1 is 1.19 bits per heavy atom. The monoisotopic (exact) mass is 453 g/mol. The average Bonchev–Trinajstić information content (AvgIpc) is 2.98. The van der Waals surface area contributed by atoms with Crippen LogP contribution in [0.3, 0.4) is 0 Å². The van der Waals surface area contributed by atoms with E-state index in [4.69, 9.17) is 21.1 Å². The molecule has 0 bridgehead atoms. The van der Waals surface area contributed by atoms with Crippen molar-refractivity contribution in [2.75, 3.05) is 39.2 Å². The van der Waals surface area contributed by atoms with Crippen LogP contribution in [-0.2, 0) is 0 Å². The molecule has 1 aromatic heterocycles. The molecule has 0 aliphatic carbocycles. The second kappa shape index (κ2) is 10.7. The number of alkyl halides is 1. The highest BCUT2D eigenvalue weighted by molar-refractivity contribution is 6.19. The molecule has 2 aromatic rings. The normalized spacial score (nSPS) is 16.6. The van der Waals surface area contributed by atoms with E-state index in [1.807, 2.05) is 18.3 Å². The third kappa shape index (κ3) is 5.14. The highest BCUT2D eigenvalue weighted by Gasteiger charge is 2.26. The zero-order chi connectivity index (χ0) is 22.3. The third-order valence-electron chi connectivity index (χ3n) is 5.86. The first-order chi connectivity index (χ1) is 15.7. The van der Waals surface area contributed by atoms with E-state index in [2.05, 4.69) is 22.0 Å². The van der Waals surface area contributed by atoms with Crippen molar-refractivity contribution in [2.45, 2.75) is 19.3 Å². The van der Waals surface area contributed by atoms with Gasteiger partial charge in [-0.05, 0) is 61.7 Å². The number of rotatable bonds is 8. The van der Waals surface area contributed by atoms with E-state index in [0.717, 1.165) is 44.6 Å². The zero-order valence-corrected chi connectivity index (χ0v) is 19.1. The average molecular weight is 454 g/mol. The van der Waals surface area contributed by atoms with Gasteiger partial charge in [0, 0.05) is 25.8 Å². The maximum atomic E-state index is 13.2. The molecule has 6 nitrogen and oxygen atoms in total. The van der Waals surface area contributed by atoms with Crippen molar-refractivity contribution in [3.63, 3.8) is 0 Å². The maximum Gasteiger partial charge on any atom is 0.262 e. The third-order valence-corrected chi connectivity index (χ3v) is 6.13. The Labute approximate surface area is 194 Å². The molecule has 0 saturated heterocycles. The standard InChI is InChI=1S/C25H28ClN3O3/c1-31-21-7-8-24-22(16-21)25(30)29(20(17-26)18-32-24)13-5-4-12-28-14-9-19(10-15-28)23-6-2-3-11-27-23/h2-3,6-9,11,16,18H,4-5,10,12-15,17H2,1H3. The molecule has 0 saturated carbocycles. The lowest BCUT2D eigenvalue weighted by Gasteiger charge is -2.27. The van der Waals surface area contributed by atoms with Gasteiger partial charge in [0.15, 0.2) is 0 Å². The summed E-state index contributed by atoms with van der Waals surface area (Å²) in [6.07, 6.45) is 8.59. The lowest BCUT2D eigenvalue weighted by atomic mass is 10.0. The molecular weight excluding hydrogens is 426 g/mol.